The smallest absolute Gasteiger partial charge is 0.225 e. The first-order valence-corrected chi connectivity index (χ1v) is 9.85. The van der Waals surface area contributed by atoms with Crippen LogP contribution in [0, 0.1) is 11.8 Å². The Bertz CT molecular complexity index is 666. The van der Waals surface area contributed by atoms with Crippen molar-refractivity contribution in [3.8, 4) is 11.5 Å². The number of carbonyl (C=O) groups excluding carboxylic acids is 1. The van der Waals surface area contributed by atoms with Gasteiger partial charge in [0.25, 0.3) is 0 Å². The lowest BCUT2D eigenvalue weighted by atomic mass is 9.87. The Kier molecular flexibility index (Phi) is 7.71. The number of likely N-dealkylation sites (tertiary alicyclic amines) is 1. The highest BCUT2D eigenvalue weighted by atomic mass is 32.1. The summed E-state index contributed by atoms with van der Waals surface area (Å²) in [6, 6.07) is 5.81. The molecule has 2 rings (SSSR count). The molecule has 0 bridgehead atoms. The number of hydrogen-bond acceptors (Lipinski definition) is 4. The van der Waals surface area contributed by atoms with E-state index in [0.717, 1.165) is 12.1 Å². The molecule has 6 nitrogen and oxygen atoms in total. The van der Waals surface area contributed by atoms with Crippen molar-refractivity contribution in [1.29, 1.82) is 0 Å². The summed E-state index contributed by atoms with van der Waals surface area (Å²) < 4.78 is 11.1. The van der Waals surface area contributed by atoms with Gasteiger partial charge in [-0.15, -0.1) is 0 Å². The van der Waals surface area contributed by atoms with E-state index in [1.165, 1.54) is 0 Å². The zero-order valence-corrected chi connectivity index (χ0v) is 17.7. The molecular weight excluding hydrogens is 362 g/mol. The van der Waals surface area contributed by atoms with Crippen LogP contribution in [-0.4, -0.2) is 56.3 Å². The highest BCUT2D eigenvalue weighted by molar-refractivity contribution is 7.80. The number of carbonyl (C=O) groups is 1. The van der Waals surface area contributed by atoms with Gasteiger partial charge in [0.1, 0.15) is 0 Å². The lowest BCUT2D eigenvalue weighted by Gasteiger charge is -2.22. The van der Waals surface area contributed by atoms with Crippen LogP contribution in [0.4, 0.5) is 0 Å². The van der Waals surface area contributed by atoms with Gasteiger partial charge in [0.2, 0.25) is 5.91 Å². The molecule has 0 spiro atoms. The third-order valence-electron chi connectivity index (χ3n) is 4.79. The molecule has 0 aromatic heterocycles. The van der Waals surface area contributed by atoms with E-state index in [-0.39, 0.29) is 17.7 Å². The minimum absolute atomic E-state index is 0.0289. The highest BCUT2D eigenvalue weighted by Crippen LogP contribution is 2.41. The fourth-order valence-electron chi connectivity index (χ4n) is 3.45. The van der Waals surface area contributed by atoms with Gasteiger partial charge in [-0.05, 0) is 31.1 Å². The lowest BCUT2D eigenvalue weighted by molar-refractivity contribution is -0.125. The van der Waals surface area contributed by atoms with Gasteiger partial charge in [-0.1, -0.05) is 26.0 Å². The number of para-hydroxylation sites is 1. The van der Waals surface area contributed by atoms with E-state index in [4.69, 9.17) is 21.7 Å². The summed E-state index contributed by atoms with van der Waals surface area (Å²) in [6.07, 6.45) is 0. The summed E-state index contributed by atoms with van der Waals surface area (Å²) in [5.74, 6) is 1.58. The zero-order chi connectivity index (χ0) is 20.0. The fourth-order valence-corrected chi connectivity index (χ4v) is 3.75. The van der Waals surface area contributed by atoms with E-state index in [0.29, 0.717) is 42.2 Å². The van der Waals surface area contributed by atoms with Crippen LogP contribution in [0.25, 0.3) is 0 Å². The van der Waals surface area contributed by atoms with E-state index in [9.17, 15) is 4.79 Å². The summed E-state index contributed by atoms with van der Waals surface area (Å²) >= 11 is 5.50. The molecule has 0 aliphatic carbocycles. The monoisotopic (exact) mass is 393 g/mol. The molecule has 1 heterocycles. The second-order valence-corrected chi connectivity index (χ2v) is 7.56. The van der Waals surface area contributed by atoms with Gasteiger partial charge in [-0.2, -0.15) is 0 Å². The second-order valence-electron chi connectivity index (χ2n) is 7.18. The molecule has 2 atom stereocenters. The van der Waals surface area contributed by atoms with Gasteiger partial charge in [0.15, 0.2) is 16.6 Å². The van der Waals surface area contributed by atoms with Crippen LogP contribution in [0.2, 0.25) is 0 Å². The summed E-state index contributed by atoms with van der Waals surface area (Å²) in [6.45, 7) is 8.85. The molecule has 1 aromatic rings. The maximum absolute atomic E-state index is 12.9. The fraction of sp³-hybridized carbons (Fsp3) is 0.600. The molecular formula is C20H31N3O3S. The van der Waals surface area contributed by atoms with Crippen LogP contribution in [-0.2, 0) is 4.79 Å². The number of ether oxygens (including phenoxy) is 2. The quantitative estimate of drug-likeness (QED) is 0.694. The van der Waals surface area contributed by atoms with Crippen LogP contribution in [0.5, 0.6) is 11.5 Å². The molecule has 1 aromatic carbocycles. The standard InChI is InChI=1S/C20H31N3O3S/c1-6-21-20(27)23-11-15(16(12-23)19(24)22-10-13(2)3)14-8-7-9-17(25-4)18(14)26-5/h7-9,13,15-16H,6,10-12H2,1-5H3,(H,21,27)(H,22,24)/t15-,16-/m0/s1. The van der Waals surface area contributed by atoms with Crippen LogP contribution >= 0.6 is 12.2 Å². The van der Waals surface area contributed by atoms with Crippen molar-refractivity contribution in [3.05, 3.63) is 23.8 Å². The topological polar surface area (TPSA) is 62.8 Å². The summed E-state index contributed by atoms with van der Waals surface area (Å²) in [5, 5.41) is 6.95. The van der Waals surface area contributed by atoms with Crippen molar-refractivity contribution < 1.29 is 14.3 Å². The molecule has 1 fully saturated rings. The first-order valence-electron chi connectivity index (χ1n) is 9.44. The predicted molar refractivity (Wildman–Crippen MR) is 111 cm³/mol. The Morgan fingerprint density at radius 3 is 2.59 bits per heavy atom. The van der Waals surface area contributed by atoms with Crippen LogP contribution in [0.3, 0.4) is 0 Å². The van der Waals surface area contributed by atoms with Crippen LogP contribution in [0.15, 0.2) is 18.2 Å². The number of benzene rings is 1. The first kappa shape index (κ1) is 21.3. The number of methoxy groups -OCH3 is 2. The Labute approximate surface area is 167 Å². The SMILES string of the molecule is CCNC(=S)N1C[C@H](C(=O)NCC(C)C)[C@H](c2cccc(OC)c2OC)C1. The summed E-state index contributed by atoms with van der Waals surface area (Å²) in [4.78, 5) is 15.0. The lowest BCUT2D eigenvalue weighted by Crippen LogP contribution is -2.40. The Morgan fingerprint density at radius 1 is 1.26 bits per heavy atom. The molecule has 0 unspecified atom stereocenters. The van der Waals surface area contributed by atoms with E-state index >= 15 is 0 Å². The molecule has 1 aliphatic heterocycles. The van der Waals surface area contributed by atoms with Crippen molar-refractivity contribution in [1.82, 2.24) is 15.5 Å². The minimum atomic E-state index is -0.207. The molecule has 7 heteroatoms. The molecule has 1 amide bonds. The maximum Gasteiger partial charge on any atom is 0.225 e. The Balaban J connectivity index is 2.34. The average Bonchev–Trinajstić information content (AvgIpc) is 3.10. The van der Waals surface area contributed by atoms with Crippen LogP contribution < -0.4 is 20.1 Å². The number of thiocarbonyl (C=S) groups is 1. The highest BCUT2D eigenvalue weighted by Gasteiger charge is 2.41. The van der Waals surface area contributed by atoms with E-state index < -0.39 is 0 Å². The van der Waals surface area contributed by atoms with Crippen LogP contribution in [0.1, 0.15) is 32.3 Å². The maximum atomic E-state index is 12.9. The molecule has 150 valence electrons. The predicted octanol–water partition coefficient (Wildman–Crippen LogP) is 2.39. The Hall–Kier alpha value is -2.02. The molecule has 0 saturated carbocycles. The van der Waals surface area contributed by atoms with Crippen molar-refractivity contribution >= 4 is 23.2 Å². The van der Waals surface area contributed by atoms with Gasteiger partial charge in [0, 0.05) is 37.7 Å². The van der Waals surface area contributed by atoms with Crippen molar-refractivity contribution in [2.75, 3.05) is 40.4 Å². The molecule has 1 aliphatic rings. The number of rotatable bonds is 7. The van der Waals surface area contributed by atoms with Gasteiger partial charge >= 0.3 is 0 Å². The molecule has 0 radical (unpaired) electrons. The first-order chi connectivity index (χ1) is 12.9. The zero-order valence-electron chi connectivity index (χ0n) is 16.9. The van der Waals surface area contributed by atoms with Crippen molar-refractivity contribution in [2.24, 2.45) is 11.8 Å². The number of nitrogens with one attached hydrogen (secondary N) is 2. The Morgan fingerprint density at radius 2 is 2.00 bits per heavy atom. The van der Waals surface area contributed by atoms with Crippen molar-refractivity contribution in [2.45, 2.75) is 26.7 Å². The number of amides is 1. The van der Waals surface area contributed by atoms with E-state index in [1.807, 2.05) is 25.1 Å². The van der Waals surface area contributed by atoms with E-state index in [1.54, 1.807) is 14.2 Å². The number of nitrogens with zero attached hydrogens (tertiary/aromatic N) is 1. The van der Waals surface area contributed by atoms with Gasteiger partial charge in [0.05, 0.1) is 20.1 Å². The third-order valence-corrected chi connectivity index (χ3v) is 5.19. The third kappa shape index (κ3) is 5.03. The van der Waals surface area contributed by atoms with Gasteiger partial charge in [-0.3, -0.25) is 4.79 Å². The summed E-state index contributed by atoms with van der Waals surface area (Å²) in [7, 11) is 3.25. The van der Waals surface area contributed by atoms with Gasteiger partial charge in [-0.25, -0.2) is 0 Å². The molecule has 1 saturated heterocycles. The molecule has 27 heavy (non-hydrogen) atoms. The largest absolute Gasteiger partial charge is 0.493 e. The minimum Gasteiger partial charge on any atom is -0.493 e. The number of hydrogen-bond donors (Lipinski definition) is 2. The van der Waals surface area contributed by atoms with Gasteiger partial charge < -0.3 is 25.0 Å². The second kappa shape index (κ2) is 9.78. The van der Waals surface area contributed by atoms with Crippen molar-refractivity contribution in [3.63, 3.8) is 0 Å². The normalized spacial score (nSPS) is 19.1. The van der Waals surface area contributed by atoms with E-state index in [2.05, 4.69) is 29.4 Å². The average molecular weight is 394 g/mol. The summed E-state index contributed by atoms with van der Waals surface area (Å²) in [5.41, 5.74) is 0.975. The molecule has 2 N–H and O–H groups in total.